The van der Waals surface area contributed by atoms with Crippen molar-refractivity contribution in [2.24, 2.45) is 5.73 Å². The Bertz CT molecular complexity index is 588. The number of ether oxygens (including phenoxy) is 1. The third-order valence-electron chi connectivity index (χ3n) is 2.89. The van der Waals surface area contributed by atoms with Crippen molar-refractivity contribution < 1.29 is 9.53 Å². The van der Waals surface area contributed by atoms with E-state index in [9.17, 15) is 10.1 Å². The quantitative estimate of drug-likeness (QED) is 0.881. The number of anilines is 1. The number of nitrogens with zero attached hydrogens (tertiary/aromatic N) is 2. The number of hydrogen-bond acceptors (Lipinski definition) is 4. The van der Waals surface area contributed by atoms with Crippen LogP contribution in [-0.2, 0) is 11.2 Å². The molecule has 0 bridgehead atoms. The van der Waals surface area contributed by atoms with E-state index in [1.165, 1.54) is 4.90 Å². The molecule has 22 heavy (non-hydrogen) atoms. The summed E-state index contributed by atoms with van der Waals surface area (Å²) in [6.45, 7) is 8.12. The van der Waals surface area contributed by atoms with Gasteiger partial charge < -0.3 is 10.5 Å². The average molecular weight is 368 g/mol. The standard InChI is InChI=1S/C16H22BrN3O2/c1-5-20(15(21)22-16(2,3)4)14-11(6-7-18)8-13(17)9-12(14)10-19/h8-9H,5-7,18H2,1-4H3. The third-order valence-corrected chi connectivity index (χ3v) is 3.35. The number of carbonyl (C=O) groups is 1. The van der Waals surface area contributed by atoms with Crippen LogP contribution < -0.4 is 10.6 Å². The smallest absolute Gasteiger partial charge is 0.414 e. The summed E-state index contributed by atoms with van der Waals surface area (Å²) in [6, 6.07) is 5.73. The first-order valence-electron chi connectivity index (χ1n) is 7.16. The van der Waals surface area contributed by atoms with E-state index in [0.717, 1.165) is 10.0 Å². The Kier molecular flexibility index (Phi) is 6.39. The first-order valence-corrected chi connectivity index (χ1v) is 7.96. The van der Waals surface area contributed by atoms with E-state index in [-0.39, 0.29) is 0 Å². The maximum atomic E-state index is 12.5. The largest absolute Gasteiger partial charge is 0.443 e. The second-order valence-corrected chi connectivity index (χ2v) is 6.75. The normalized spacial score (nSPS) is 11.0. The van der Waals surface area contributed by atoms with E-state index in [1.54, 1.807) is 6.07 Å². The van der Waals surface area contributed by atoms with Gasteiger partial charge in [0.05, 0.1) is 11.3 Å². The summed E-state index contributed by atoms with van der Waals surface area (Å²) in [6.07, 6.45) is 0.107. The van der Waals surface area contributed by atoms with Gasteiger partial charge in [-0.15, -0.1) is 0 Å². The zero-order valence-electron chi connectivity index (χ0n) is 13.4. The molecule has 1 amide bonds. The van der Waals surface area contributed by atoms with E-state index < -0.39 is 11.7 Å². The van der Waals surface area contributed by atoms with Crippen LogP contribution in [-0.4, -0.2) is 24.8 Å². The third kappa shape index (κ3) is 4.72. The Balaban J connectivity index is 3.37. The monoisotopic (exact) mass is 367 g/mol. The lowest BCUT2D eigenvalue weighted by molar-refractivity contribution is 0.0582. The highest BCUT2D eigenvalue weighted by Gasteiger charge is 2.26. The molecule has 6 heteroatoms. The number of nitriles is 1. The fourth-order valence-electron chi connectivity index (χ4n) is 2.10. The molecule has 0 aliphatic carbocycles. The summed E-state index contributed by atoms with van der Waals surface area (Å²) in [5.74, 6) is 0. The van der Waals surface area contributed by atoms with Crippen LogP contribution in [0.25, 0.3) is 0 Å². The van der Waals surface area contributed by atoms with Crippen LogP contribution in [0.5, 0.6) is 0 Å². The Hall–Kier alpha value is -1.58. The topological polar surface area (TPSA) is 79.3 Å². The van der Waals surface area contributed by atoms with Gasteiger partial charge in [-0.25, -0.2) is 4.79 Å². The number of halogens is 1. The molecule has 1 rings (SSSR count). The average Bonchev–Trinajstić information content (AvgIpc) is 2.39. The Morgan fingerprint density at radius 1 is 1.45 bits per heavy atom. The molecular weight excluding hydrogens is 346 g/mol. The van der Waals surface area contributed by atoms with Crippen molar-refractivity contribution in [2.45, 2.75) is 39.7 Å². The maximum Gasteiger partial charge on any atom is 0.414 e. The number of benzene rings is 1. The number of carbonyl (C=O) groups excluding carboxylic acids is 1. The zero-order valence-corrected chi connectivity index (χ0v) is 15.0. The molecule has 1 aromatic rings. The molecule has 0 aliphatic heterocycles. The lowest BCUT2D eigenvalue weighted by Gasteiger charge is -2.28. The molecule has 0 saturated carbocycles. The van der Waals surface area contributed by atoms with Crippen molar-refractivity contribution in [3.8, 4) is 6.07 Å². The van der Waals surface area contributed by atoms with Gasteiger partial charge in [0.2, 0.25) is 0 Å². The number of nitrogens with two attached hydrogens (primary N) is 1. The second kappa shape index (κ2) is 7.61. The molecule has 0 fully saturated rings. The summed E-state index contributed by atoms with van der Waals surface area (Å²) in [5, 5.41) is 9.41. The Morgan fingerprint density at radius 2 is 2.09 bits per heavy atom. The Morgan fingerprint density at radius 3 is 2.55 bits per heavy atom. The fourth-order valence-corrected chi connectivity index (χ4v) is 2.61. The van der Waals surface area contributed by atoms with Gasteiger partial charge in [0, 0.05) is 11.0 Å². The van der Waals surface area contributed by atoms with Crippen LogP contribution in [0, 0.1) is 11.3 Å². The summed E-state index contributed by atoms with van der Waals surface area (Å²) < 4.78 is 6.23. The van der Waals surface area contributed by atoms with E-state index in [4.69, 9.17) is 10.5 Å². The highest BCUT2D eigenvalue weighted by atomic mass is 79.9. The van der Waals surface area contributed by atoms with Crippen LogP contribution in [0.15, 0.2) is 16.6 Å². The number of rotatable bonds is 4. The van der Waals surface area contributed by atoms with Gasteiger partial charge in [0.1, 0.15) is 11.7 Å². The molecule has 0 aliphatic rings. The van der Waals surface area contributed by atoms with Gasteiger partial charge in [0.15, 0.2) is 0 Å². The molecule has 5 nitrogen and oxygen atoms in total. The molecule has 1 aromatic carbocycles. The zero-order chi connectivity index (χ0) is 16.9. The van der Waals surface area contributed by atoms with Crippen LogP contribution in [0.1, 0.15) is 38.8 Å². The molecule has 0 aromatic heterocycles. The van der Waals surface area contributed by atoms with E-state index in [2.05, 4.69) is 22.0 Å². The van der Waals surface area contributed by atoms with E-state index >= 15 is 0 Å². The van der Waals surface area contributed by atoms with Crippen LogP contribution >= 0.6 is 15.9 Å². The molecule has 0 radical (unpaired) electrons. The highest BCUT2D eigenvalue weighted by Crippen LogP contribution is 2.30. The van der Waals surface area contributed by atoms with Crippen molar-refractivity contribution in [3.63, 3.8) is 0 Å². The molecule has 0 unspecified atom stereocenters. The number of hydrogen-bond donors (Lipinski definition) is 1. The lowest BCUT2D eigenvalue weighted by atomic mass is 10.0. The molecular formula is C16H22BrN3O2. The minimum absolute atomic E-state index is 0.406. The maximum absolute atomic E-state index is 12.5. The lowest BCUT2D eigenvalue weighted by Crippen LogP contribution is -2.37. The molecule has 2 N–H and O–H groups in total. The van der Waals surface area contributed by atoms with Gasteiger partial charge in [-0.3, -0.25) is 4.90 Å². The molecule has 0 atom stereocenters. The predicted molar refractivity (Wildman–Crippen MR) is 90.9 cm³/mol. The summed E-state index contributed by atoms with van der Waals surface area (Å²) in [5.41, 5.74) is 6.91. The minimum Gasteiger partial charge on any atom is -0.443 e. The van der Waals surface area contributed by atoms with Gasteiger partial charge in [-0.1, -0.05) is 15.9 Å². The predicted octanol–water partition coefficient (Wildman–Crippen LogP) is 3.58. The minimum atomic E-state index is -0.597. The van der Waals surface area contributed by atoms with Crippen molar-refractivity contribution in [3.05, 3.63) is 27.7 Å². The second-order valence-electron chi connectivity index (χ2n) is 5.84. The first kappa shape index (κ1) is 18.5. The van der Waals surface area contributed by atoms with Gasteiger partial charge in [-0.2, -0.15) is 5.26 Å². The molecule has 0 saturated heterocycles. The van der Waals surface area contributed by atoms with E-state index in [0.29, 0.717) is 30.8 Å². The molecule has 0 spiro atoms. The first-order chi connectivity index (χ1) is 10.2. The molecule has 120 valence electrons. The van der Waals surface area contributed by atoms with Gasteiger partial charge in [0.25, 0.3) is 0 Å². The highest BCUT2D eigenvalue weighted by molar-refractivity contribution is 9.10. The van der Waals surface area contributed by atoms with Crippen LogP contribution in [0.4, 0.5) is 10.5 Å². The SMILES string of the molecule is CCN(C(=O)OC(C)(C)C)c1c(C#N)cc(Br)cc1CCN. The van der Waals surface area contributed by atoms with Crippen LogP contribution in [0.2, 0.25) is 0 Å². The van der Waals surface area contributed by atoms with E-state index in [1.807, 2.05) is 33.8 Å². The Labute approximate surface area is 140 Å². The van der Waals surface area contributed by atoms with Crippen molar-refractivity contribution >= 4 is 27.7 Å². The number of amides is 1. The molecule has 0 heterocycles. The van der Waals surface area contributed by atoms with Crippen molar-refractivity contribution in [1.82, 2.24) is 0 Å². The van der Waals surface area contributed by atoms with Crippen molar-refractivity contribution in [1.29, 1.82) is 5.26 Å². The van der Waals surface area contributed by atoms with Gasteiger partial charge >= 0.3 is 6.09 Å². The summed E-state index contributed by atoms with van der Waals surface area (Å²) in [7, 11) is 0. The van der Waals surface area contributed by atoms with Crippen molar-refractivity contribution in [2.75, 3.05) is 18.0 Å². The fraction of sp³-hybridized carbons (Fsp3) is 0.500. The summed E-state index contributed by atoms with van der Waals surface area (Å²) >= 11 is 3.39. The summed E-state index contributed by atoms with van der Waals surface area (Å²) in [4.78, 5) is 13.9. The van der Waals surface area contributed by atoms with Gasteiger partial charge in [-0.05, 0) is 58.4 Å². The van der Waals surface area contributed by atoms with Crippen LogP contribution in [0.3, 0.4) is 0 Å².